The van der Waals surface area contributed by atoms with Gasteiger partial charge in [0.05, 0.1) is 10.6 Å². The van der Waals surface area contributed by atoms with Crippen LogP contribution >= 0.6 is 0 Å². The fourth-order valence-corrected chi connectivity index (χ4v) is 3.67. The number of amides is 1. The van der Waals surface area contributed by atoms with Crippen molar-refractivity contribution in [2.45, 2.75) is 11.8 Å². The van der Waals surface area contributed by atoms with E-state index >= 15 is 0 Å². The summed E-state index contributed by atoms with van der Waals surface area (Å²) in [5, 5.41) is 0. The third-order valence-corrected chi connectivity index (χ3v) is 5.48. The van der Waals surface area contributed by atoms with E-state index in [4.69, 9.17) is 14.2 Å². The number of ether oxygens (including phenoxy) is 3. The summed E-state index contributed by atoms with van der Waals surface area (Å²) in [4.78, 5) is 13.1. The maximum atomic E-state index is 12.7. The number of anilines is 1. The van der Waals surface area contributed by atoms with Gasteiger partial charge < -0.3 is 19.1 Å². The van der Waals surface area contributed by atoms with Gasteiger partial charge in [-0.2, -0.15) is 0 Å². The monoisotopic (exact) mass is 406 g/mol. The van der Waals surface area contributed by atoms with Crippen LogP contribution in [0.2, 0.25) is 0 Å². The third-order valence-electron chi connectivity index (χ3n) is 4.10. The molecule has 1 aliphatic heterocycles. The van der Waals surface area contributed by atoms with Gasteiger partial charge in [-0.25, -0.2) is 8.42 Å². The highest BCUT2D eigenvalue weighted by Crippen LogP contribution is 2.33. The van der Waals surface area contributed by atoms with E-state index in [1.807, 2.05) is 0 Å². The minimum Gasteiger partial charge on any atom is -0.486 e. The van der Waals surface area contributed by atoms with E-state index in [1.165, 1.54) is 23.1 Å². The molecule has 0 spiro atoms. The molecule has 150 valence electrons. The molecule has 28 heavy (non-hydrogen) atoms. The summed E-state index contributed by atoms with van der Waals surface area (Å²) in [7, 11) is -0.528. The van der Waals surface area contributed by atoms with Crippen molar-refractivity contribution in [1.29, 1.82) is 0 Å². The second-order valence-corrected chi connectivity index (χ2v) is 8.15. The summed E-state index contributed by atoms with van der Waals surface area (Å²) in [5.41, 5.74) is 0.982. The maximum absolute atomic E-state index is 12.7. The van der Waals surface area contributed by atoms with Crippen LogP contribution in [-0.4, -0.2) is 53.1 Å². The maximum Gasteiger partial charge on any atom is 0.261 e. The highest BCUT2D eigenvalue weighted by molar-refractivity contribution is 7.92. The summed E-state index contributed by atoms with van der Waals surface area (Å²) in [5.74, 6) is 1.35. The van der Waals surface area contributed by atoms with Crippen molar-refractivity contribution in [3.8, 4) is 17.2 Å². The van der Waals surface area contributed by atoms with Gasteiger partial charge in [0.15, 0.2) is 18.1 Å². The molecule has 0 unspecified atom stereocenters. The zero-order valence-electron chi connectivity index (χ0n) is 15.9. The number of carbonyl (C=O) groups is 1. The molecule has 3 rings (SSSR count). The van der Waals surface area contributed by atoms with Gasteiger partial charge >= 0.3 is 0 Å². The van der Waals surface area contributed by atoms with Crippen molar-refractivity contribution >= 4 is 21.6 Å². The molecule has 0 saturated heterocycles. The average Bonchev–Trinajstić information content (AvgIpc) is 2.66. The minimum absolute atomic E-state index is 0.0891. The Balaban J connectivity index is 1.75. The summed E-state index contributed by atoms with van der Waals surface area (Å²) in [6, 6.07) is 9.33. The Kier molecular flexibility index (Phi) is 5.64. The molecule has 0 aliphatic carbocycles. The SMILES string of the molecule is Cc1cc(S(=O)(=O)Nc2ccc3c(c2)OCCO3)ccc1OCC(=O)N(C)C. The number of carbonyl (C=O) groups excluding carboxylic acids is 1. The van der Waals surface area contributed by atoms with Gasteiger partial charge in [0.2, 0.25) is 0 Å². The number of likely N-dealkylation sites (N-methyl/N-ethyl adjacent to an activating group) is 1. The van der Waals surface area contributed by atoms with E-state index in [-0.39, 0.29) is 17.4 Å². The van der Waals surface area contributed by atoms with Gasteiger partial charge in [-0.3, -0.25) is 9.52 Å². The first-order valence-corrected chi connectivity index (χ1v) is 10.1. The molecule has 8 nitrogen and oxygen atoms in total. The van der Waals surface area contributed by atoms with Crippen LogP contribution in [0.5, 0.6) is 17.2 Å². The number of nitrogens with zero attached hydrogens (tertiary/aromatic N) is 1. The van der Waals surface area contributed by atoms with E-state index in [2.05, 4.69) is 4.72 Å². The van der Waals surface area contributed by atoms with Gasteiger partial charge in [0.1, 0.15) is 19.0 Å². The molecule has 0 saturated carbocycles. The molecule has 1 heterocycles. The normalized spacial score (nSPS) is 13.0. The van der Waals surface area contributed by atoms with Crippen molar-refractivity contribution in [3.63, 3.8) is 0 Å². The quantitative estimate of drug-likeness (QED) is 0.789. The molecule has 0 bridgehead atoms. The first-order chi connectivity index (χ1) is 13.3. The zero-order chi connectivity index (χ0) is 20.3. The molecule has 1 amide bonds. The predicted octanol–water partition coefficient (Wildman–Crippen LogP) is 2.03. The van der Waals surface area contributed by atoms with Crippen LogP contribution < -0.4 is 18.9 Å². The Bertz CT molecular complexity index is 988. The number of fused-ring (bicyclic) bond motifs is 1. The van der Waals surface area contributed by atoms with Gasteiger partial charge in [-0.05, 0) is 42.8 Å². The summed E-state index contributed by atoms with van der Waals surface area (Å²) >= 11 is 0. The Morgan fingerprint density at radius 2 is 1.82 bits per heavy atom. The topological polar surface area (TPSA) is 94.2 Å². The minimum atomic E-state index is -3.80. The highest BCUT2D eigenvalue weighted by Gasteiger charge is 2.18. The first kappa shape index (κ1) is 19.8. The summed E-state index contributed by atoms with van der Waals surface area (Å²) in [6.45, 7) is 2.49. The van der Waals surface area contributed by atoms with Crippen molar-refractivity contribution < 1.29 is 27.4 Å². The molecule has 0 fully saturated rings. The average molecular weight is 406 g/mol. The molecule has 1 aliphatic rings. The zero-order valence-corrected chi connectivity index (χ0v) is 16.7. The van der Waals surface area contributed by atoms with E-state index in [9.17, 15) is 13.2 Å². The van der Waals surface area contributed by atoms with Crippen LogP contribution in [0.25, 0.3) is 0 Å². The van der Waals surface area contributed by atoms with Crippen LogP contribution in [0.4, 0.5) is 5.69 Å². The van der Waals surface area contributed by atoms with E-state index in [0.717, 1.165) is 0 Å². The van der Waals surface area contributed by atoms with Gasteiger partial charge in [0.25, 0.3) is 15.9 Å². The Morgan fingerprint density at radius 3 is 2.50 bits per heavy atom. The Hall–Kier alpha value is -2.94. The largest absolute Gasteiger partial charge is 0.486 e. The van der Waals surface area contributed by atoms with Crippen molar-refractivity contribution in [2.75, 3.05) is 38.6 Å². The molecular weight excluding hydrogens is 384 g/mol. The second-order valence-electron chi connectivity index (χ2n) is 6.47. The van der Waals surface area contributed by atoms with Crippen molar-refractivity contribution in [3.05, 3.63) is 42.0 Å². The van der Waals surface area contributed by atoms with E-state index in [0.29, 0.717) is 41.7 Å². The smallest absolute Gasteiger partial charge is 0.261 e. The number of aryl methyl sites for hydroxylation is 1. The predicted molar refractivity (Wildman–Crippen MR) is 104 cm³/mol. The summed E-state index contributed by atoms with van der Waals surface area (Å²) < 4.78 is 44.3. The number of sulfonamides is 1. The third kappa shape index (κ3) is 4.48. The number of hydrogen-bond donors (Lipinski definition) is 1. The highest BCUT2D eigenvalue weighted by atomic mass is 32.2. The van der Waals surface area contributed by atoms with E-state index in [1.54, 1.807) is 39.2 Å². The number of rotatable bonds is 6. The van der Waals surface area contributed by atoms with Gasteiger partial charge in [0, 0.05) is 20.2 Å². The molecule has 2 aromatic rings. The Morgan fingerprint density at radius 1 is 1.11 bits per heavy atom. The molecule has 9 heteroatoms. The lowest BCUT2D eigenvalue weighted by Gasteiger charge is -2.19. The first-order valence-electron chi connectivity index (χ1n) is 8.62. The van der Waals surface area contributed by atoms with Crippen molar-refractivity contribution in [2.24, 2.45) is 0 Å². The Labute approximate surface area is 164 Å². The molecule has 2 aromatic carbocycles. The molecule has 1 N–H and O–H groups in total. The second kappa shape index (κ2) is 7.97. The standard InChI is InChI=1S/C19H22N2O6S/c1-13-10-15(5-7-16(13)27-12-19(22)21(2)3)28(23,24)20-14-4-6-17-18(11-14)26-9-8-25-17/h4-7,10-11,20H,8-9,12H2,1-3H3. The van der Waals surface area contributed by atoms with Crippen LogP contribution in [0.3, 0.4) is 0 Å². The van der Waals surface area contributed by atoms with Crippen LogP contribution in [0, 0.1) is 6.92 Å². The number of benzene rings is 2. The fourth-order valence-electron chi connectivity index (χ4n) is 2.54. The fraction of sp³-hybridized carbons (Fsp3) is 0.316. The van der Waals surface area contributed by atoms with Gasteiger partial charge in [-0.15, -0.1) is 0 Å². The van der Waals surface area contributed by atoms with Crippen LogP contribution in [-0.2, 0) is 14.8 Å². The van der Waals surface area contributed by atoms with Crippen molar-refractivity contribution in [1.82, 2.24) is 4.90 Å². The molecular formula is C19H22N2O6S. The molecule has 0 atom stereocenters. The van der Waals surface area contributed by atoms with Crippen LogP contribution in [0.15, 0.2) is 41.3 Å². The molecule has 0 radical (unpaired) electrons. The summed E-state index contributed by atoms with van der Waals surface area (Å²) in [6.07, 6.45) is 0. The van der Waals surface area contributed by atoms with E-state index < -0.39 is 10.0 Å². The van der Waals surface area contributed by atoms with Crippen LogP contribution in [0.1, 0.15) is 5.56 Å². The van der Waals surface area contributed by atoms with Gasteiger partial charge in [-0.1, -0.05) is 0 Å². The lowest BCUT2D eigenvalue weighted by molar-refractivity contribution is -0.130. The lowest BCUT2D eigenvalue weighted by Crippen LogP contribution is -2.27. The molecule has 0 aromatic heterocycles. The lowest BCUT2D eigenvalue weighted by atomic mass is 10.2. The number of hydrogen-bond acceptors (Lipinski definition) is 6. The number of nitrogens with one attached hydrogen (secondary N) is 1.